The van der Waals surface area contributed by atoms with Gasteiger partial charge in [0.1, 0.15) is 0 Å². The number of hydrogen-bond acceptors (Lipinski definition) is 5. The van der Waals surface area contributed by atoms with Gasteiger partial charge in [0.05, 0.1) is 10.6 Å². The Bertz CT molecular complexity index is 1060. The first-order chi connectivity index (χ1) is 12.1. The molecule has 8 nitrogen and oxygen atoms in total. The lowest BCUT2D eigenvalue weighted by atomic mass is 10.0. The summed E-state index contributed by atoms with van der Waals surface area (Å²) in [6, 6.07) is 10.4. The van der Waals surface area contributed by atoms with Gasteiger partial charge in [-0.3, -0.25) is 9.52 Å². The minimum absolute atomic E-state index is 0.0843. The predicted molar refractivity (Wildman–Crippen MR) is 97.5 cm³/mol. The summed E-state index contributed by atoms with van der Waals surface area (Å²) in [6.07, 6.45) is 0.794. The van der Waals surface area contributed by atoms with Crippen LogP contribution in [0.4, 0.5) is 11.4 Å². The van der Waals surface area contributed by atoms with Crippen LogP contribution in [0.25, 0.3) is 0 Å². The molecule has 26 heavy (non-hydrogen) atoms. The fraction of sp³-hybridized carbons (Fsp3) is 0.188. The number of anilines is 2. The molecule has 3 rings (SSSR count). The van der Waals surface area contributed by atoms with Crippen molar-refractivity contribution in [3.05, 3.63) is 53.6 Å². The zero-order chi connectivity index (χ0) is 18.9. The molecule has 0 saturated carbocycles. The van der Waals surface area contributed by atoms with Crippen LogP contribution >= 0.6 is 0 Å². The fourth-order valence-corrected chi connectivity index (χ4v) is 4.41. The quantitative estimate of drug-likeness (QED) is 0.698. The second kappa shape index (κ2) is 6.71. The zero-order valence-corrected chi connectivity index (χ0v) is 15.2. The maximum Gasteiger partial charge on any atom is 0.261 e. The number of benzene rings is 2. The third kappa shape index (κ3) is 4.40. The van der Waals surface area contributed by atoms with Gasteiger partial charge in [0.15, 0.2) is 0 Å². The number of sulfonamides is 2. The molecule has 0 atom stereocenters. The van der Waals surface area contributed by atoms with E-state index in [1.54, 1.807) is 6.07 Å². The Morgan fingerprint density at radius 3 is 2.35 bits per heavy atom. The van der Waals surface area contributed by atoms with Gasteiger partial charge in [-0.25, -0.2) is 22.0 Å². The van der Waals surface area contributed by atoms with E-state index in [-0.39, 0.29) is 16.6 Å². The van der Waals surface area contributed by atoms with E-state index in [1.807, 2.05) is 0 Å². The van der Waals surface area contributed by atoms with Crippen LogP contribution in [0.2, 0.25) is 0 Å². The first-order valence-corrected chi connectivity index (χ1v) is 10.9. The molecule has 0 fully saturated rings. The molecule has 2 aromatic rings. The highest BCUT2D eigenvalue weighted by atomic mass is 32.2. The van der Waals surface area contributed by atoms with Gasteiger partial charge < -0.3 is 5.32 Å². The Morgan fingerprint density at radius 1 is 1.00 bits per heavy atom. The first-order valence-electron chi connectivity index (χ1n) is 7.67. The van der Waals surface area contributed by atoms with Crippen LogP contribution in [0.15, 0.2) is 47.4 Å². The molecule has 1 aliphatic heterocycles. The van der Waals surface area contributed by atoms with E-state index in [0.29, 0.717) is 29.8 Å². The summed E-state index contributed by atoms with van der Waals surface area (Å²) in [5.41, 5.74) is 2.14. The van der Waals surface area contributed by atoms with Crippen LogP contribution in [0.3, 0.4) is 0 Å². The van der Waals surface area contributed by atoms with Crippen molar-refractivity contribution in [3.63, 3.8) is 0 Å². The van der Waals surface area contributed by atoms with Gasteiger partial charge >= 0.3 is 0 Å². The number of nitrogens with one attached hydrogen (secondary N) is 2. The van der Waals surface area contributed by atoms with Gasteiger partial charge in [-0.05, 0) is 47.9 Å². The molecule has 4 N–H and O–H groups in total. The Hall–Kier alpha value is -2.43. The van der Waals surface area contributed by atoms with Crippen molar-refractivity contribution in [1.29, 1.82) is 0 Å². The summed E-state index contributed by atoms with van der Waals surface area (Å²) in [6.45, 7) is 0. The molecule has 0 spiro atoms. The van der Waals surface area contributed by atoms with E-state index < -0.39 is 20.0 Å². The summed E-state index contributed by atoms with van der Waals surface area (Å²) >= 11 is 0. The van der Waals surface area contributed by atoms with Crippen LogP contribution in [0, 0.1) is 0 Å². The summed E-state index contributed by atoms with van der Waals surface area (Å²) in [7, 11) is -7.46. The minimum atomic E-state index is -3.81. The largest absolute Gasteiger partial charge is 0.326 e. The third-order valence-electron chi connectivity index (χ3n) is 3.86. The Balaban J connectivity index is 1.80. The van der Waals surface area contributed by atoms with E-state index >= 15 is 0 Å². The molecule has 0 radical (unpaired) electrons. The molecule has 1 amide bonds. The van der Waals surface area contributed by atoms with Crippen molar-refractivity contribution in [2.45, 2.75) is 23.5 Å². The molecule has 0 unspecified atom stereocenters. The standard InChI is InChI=1S/C16H17N3O5S2/c17-25(21,22)10-11-1-4-13(5-2-11)19-26(23,24)14-6-7-15-12(9-14)3-8-16(20)18-15/h1-2,4-7,9,19H,3,8,10H2,(H,18,20)(H2,17,21,22). The van der Waals surface area contributed by atoms with Gasteiger partial charge in [-0.15, -0.1) is 0 Å². The Labute approximate surface area is 151 Å². The van der Waals surface area contributed by atoms with Crippen LogP contribution in [-0.4, -0.2) is 22.7 Å². The maximum absolute atomic E-state index is 12.6. The third-order valence-corrected chi connectivity index (χ3v) is 5.97. The van der Waals surface area contributed by atoms with E-state index in [9.17, 15) is 21.6 Å². The summed E-state index contributed by atoms with van der Waals surface area (Å²) in [5.74, 6) is -0.415. The van der Waals surface area contributed by atoms with Gasteiger partial charge in [0.2, 0.25) is 15.9 Å². The number of aryl methyl sites for hydroxylation is 1. The molecule has 1 heterocycles. The highest BCUT2D eigenvalue weighted by Gasteiger charge is 2.20. The molecule has 0 bridgehead atoms. The molecule has 2 aromatic carbocycles. The molecular weight excluding hydrogens is 378 g/mol. The van der Waals surface area contributed by atoms with Crippen LogP contribution < -0.4 is 15.2 Å². The highest BCUT2D eigenvalue weighted by molar-refractivity contribution is 7.92. The Kier molecular flexibility index (Phi) is 4.74. The zero-order valence-electron chi connectivity index (χ0n) is 13.6. The first kappa shape index (κ1) is 18.4. The lowest BCUT2D eigenvalue weighted by Crippen LogP contribution is -2.20. The van der Waals surface area contributed by atoms with E-state index in [4.69, 9.17) is 5.14 Å². The minimum Gasteiger partial charge on any atom is -0.326 e. The van der Waals surface area contributed by atoms with Crippen molar-refractivity contribution in [2.24, 2.45) is 5.14 Å². The SMILES string of the molecule is NS(=O)(=O)Cc1ccc(NS(=O)(=O)c2ccc3c(c2)CCC(=O)N3)cc1. The smallest absolute Gasteiger partial charge is 0.261 e. The Morgan fingerprint density at radius 2 is 1.69 bits per heavy atom. The molecule has 0 saturated heterocycles. The van der Waals surface area contributed by atoms with Crippen molar-refractivity contribution >= 4 is 37.3 Å². The van der Waals surface area contributed by atoms with Crippen molar-refractivity contribution in [1.82, 2.24) is 0 Å². The van der Waals surface area contributed by atoms with Crippen LogP contribution in [0.1, 0.15) is 17.5 Å². The lowest BCUT2D eigenvalue weighted by molar-refractivity contribution is -0.116. The van der Waals surface area contributed by atoms with Gasteiger partial charge in [-0.1, -0.05) is 12.1 Å². The molecule has 0 aromatic heterocycles. The molecule has 1 aliphatic rings. The number of nitrogens with two attached hydrogens (primary N) is 1. The second-order valence-corrected chi connectivity index (χ2v) is 9.27. The number of fused-ring (bicyclic) bond motifs is 1. The second-order valence-electron chi connectivity index (χ2n) is 5.98. The summed E-state index contributed by atoms with van der Waals surface area (Å²) in [5, 5.41) is 7.68. The molecule has 0 aliphatic carbocycles. The number of primary sulfonamides is 1. The fourth-order valence-electron chi connectivity index (χ4n) is 2.64. The van der Waals surface area contributed by atoms with Gasteiger partial charge in [-0.2, -0.15) is 0 Å². The van der Waals surface area contributed by atoms with Gasteiger partial charge in [0.25, 0.3) is 10.0 Å². The number of hydrogen-bond donors (Lipinski definition) is 3. The number of amides is 1. The molecule has 10 heteroatoms. The number of rotatable bonds is 5. The predicted octanol–water partition coefficient (Wildman–Crippen LogP) is 1.16. The summed E-state index contributed by atoms with van der Waals surface area (Å²) < 4.78 is 49.7. The monoisotopic (exact) mass is 395 g/mol. The number of carbonyl (C=O) groups excluding carboxylic acids is 1. The van der Waals surface area contributed by atoms with Crippen LogP contribution in [-0.2, 0) is 37.0 Å². The van der Waals surface area contributed by atoms with E-state index in [2.05, 4.69) is 10.0 Å². The average molecular weight is 395 g/mol. The van der Waals surface area contributed by atoms with Crippen LogP contribution in [0.5, 0.6) is 0 Å². The van der Waals surface area contributed by atoms with E-state index in [0.717, 1.165) is 5.56 Å². The van der Waals surface area contributed by atoms with Gasteiger partial charge in [0, 0.05) is 17.8 Å². The topological polar surface area (TPSA) is 135 Å². The highest BCUT2D eigenvalue weighted by Crippen LogP contribution is 2.26. The number of carbonyl (C=O) groups is 1. The summed E-state index contributed by atoms with van der Waals surface area (Å²) in [4.78, 5) is 11.5. The van der Waals surface area contributed by atoms with Crippen molar-refractivity contribution in [2.75, 3.05) is 10.0 Å². The lowest BCUT2D eigenvalue weighted by Gasteiger charge is -2.18. The molecular formula is C16H17N3O5S2. The normalized spacial score (nSPS) is 14.4. The average Bonchev–Trinajstić information content (AvgIpc) is 2.54. The molecule has 138 valence electrons. The van der Waals surface area contributed by atoms with Crippen molar-refractivity contribution < 1.29 is 21.6 Å². The van der Waals surface area contributed by atoms with E-state index in [1.165, 1.54) is 36.4 Å². The maximum atomic E-state index is 12.6. The van der Waals surface area contributed by atoms with Crippen molar-refractivity contribution in [3.8, 4) is 0 Å².